The van der Waals surface area contributed by atoms with Crippen LogP contribution in [-0.2, 0) is 16.5 Å². The Morgan fingerprint density at radius 2 is 1.68 bits per heavy atom. The van der Waals surface area contributed by atoms with Crippen LogP contribution in [0.1, 0.15) is 50.7 Å². The van der Waals surface area contributed by atoms with Gasteiger partial charge in [0.2, 0.25) is 5.75 Å². The molecule has 0 radical (unpaired) electrons. The fourth-order valence-electron chi connectivity index (χ4n) is 2.59. The second kappa shape index (κ2) is 7.19. The van der Waals surface area contributed by atoms with Gasteiger partial charge in [0, 0.05) is 5.56 Å². The normalized spacial score (nSPS) is 13.0. The van der Waals surface area contributed by atoms with E-state index < -0.39 is 10.1 Å². The molecule has 7 heteroatoms. The van der Waals surface area contributed by atoms with E-state index in [1.54, 1.807) is 0 Å². The van der Waals surface area contributed by atoms with Crippen LogP contribution in [-0.4, -0.2) is 32.3 Å². The van der Waals surface area contributed by atoms with Gasteiger partial charge in [0.15, 0.2) is 11.5 Å². The monoisotopic (exact) mass is 332 g/mol. The lowest BCUT2D eigenvalue weighted by Crippen LogP contribution is -2.13. The molecule has 6 nitrogen and oxygen atoms in total. The molecule has 0 aliphatic rings. The third-order valence-corrected chi connectivity index (χ3v) is 4.68. The Hall–Kier alpha value is -1.47. The molecule has 1 rings (SSSR count). The fourth-order valence-corrected chi connectivity index (χ4v) is 3.61. The van der Waals surface area contributed by atoms with E-state index in [9.17, 15) is 18.1 Å². The molecule has 126 valence electrons. The maximum atomic E-state index is 11.9. The van der Waals surface area contributed by atoms with Crippen molar-refractivity contribution in [2.24, 2.45) is 0 Å². The quantitative estimate of drug-likeness (QED) is 0.745. The van der Waals surface area contributed by atoms with Crippen LogP contribution in [0.15, 0.2) is 4.90 Å². The molecule has 1 atom stereocenters. The van der Waals surface area contributed by atoms with Crippen molar-refractivity contribution in [3.05, 3.63) is 11.1 Å². The van der Waals surface area contributed by atoms with Crippen LogP contribution in [0.2, 0.25) is 0 Å². The number of phenolic OH excluding ortho intramolecular Hbond substituents is 1. The number of hydrogen-bond donors (Lipinski definition) is 2. The van der Waals surface area contributed by atoms with Crippen LogP contribution in [0.25, 0.3) is 0 Å². The predicted octanol–water partition coefficient (Wildman–Crippen LogP) is 3.12. The van der Waals surface area contributed by atoms with Gasteiger partial charge in [-0.15, -0.1) is 0 Å². The third kappa shape index (κ3) is 3.30. The zero-order valence-electron chi connectivity index (χ0n) is 13.6. The molecule has 1 aromatic rings. The van der Waals surface area contributed by atoms with Crippen LogP contribution in [0.4, 0.5) is 0 Å². The van der Waals surface area contributed by atoms with Crippen molar-refractivity contribution in [2.75, 3.05) is 14.2 Å². The number of rotatable bonds is 7. The average Bonchev–Trinajstić information content (AvgIpc) is 2.46. The molecule has 0 saturated carbocycles. The van der Waals surface area contributed by atoms with Crippen LogP contribution in [0.5, 0.6) is 17.2 Å². The van der Waals surface area contributed by atoms with Gasteiger partial charge in [-0.2, -0.15) is 8.42 Å². The van der Waals surface area contributed by atoms with E-state index in [-0.39, 0.29) is 28.1 Å². The summed E-state index contributed by atoms with van der Waals surface area (Å²) in [6.45, 7) is 5.67. The Kier molecular flexibility index (Phi) is 6.08. The van der Waals surface area contributed by atoms with Crippen molar-refractivity contribution >= 4 is 10.1 Å². The van der Waals surface area contributed by atoms with E-state index in [2.05, 4.69) is 0 Å². The maximum absolute atomic E-state index is 11.9. The van der Waals surface area contributed by atoms with Gasteiger partial charge in [0.05, 0.1) is 14.2 Å². The van der Waals surface area contributed by atoms with Crippen LogP contribution in [0.3, 0.4) is 0 Å². The summed E-state index contributed by atoms with van der Waals surface area (Å²) in [6.07, 6.45) is 1.82. The van der Waals surface area contributed by atoms with Crippen molar-refractivity contribution < 1.29 is 27.6 Å². The molecular weight excluding hydrogens is 308 g/mol. The second-order valence-corrected chi connectivity index (χ2v) is 6.53. The lowest BCUT2D eigenvalue weighted by molar-refractivity contribution is 0.321. The molecular formula is C15H24O6S. The van der Waals surface area contributed by atoms with E-state index >= 15 is 0 Å². The molecule has 0 aliphatic heterocycles. The number of methoxy groups -OCH3 is 2. The molecule has 1 unspecified atom stereocenters. The van der Waals surface area contributed by atoms with Gasteiger partial charge in [-0.05, 0) is 24.3 Å². The first-order valence-corrected chi connectivity index (χ1v) is 8.65. The topological polar surface area (TPSA) is 93.1 Å². The summed E-state index contributed by atoms with van der Waals surface area (Å²) in [6, 6.07) is 0. The molecule has 0 aromatic heterocycles. The summed E-state index contributed by atoms with van der Waals surface area (Å²) in [4.78, 5) is -0.317. The molecule has 0 aliphatic carbocycles. The van der Waals surface area contributed by atoms with Crippen LogP contribution >= 0.6 is 0 Å². The van der Waals surface area contributed by atoms with Crippen LogP contribution in [0, 0.1) is 0 Å². The highest BCUT2D eigenvalue weighted by Crippen LogP contribution is 2.49. The SMILES string of the molecule is CCCc1c(O)c(OC)c(OC)c(S(=O)(=O)O)c1C(C)CC. The van der Waals surface area contributed by atoms with Gasteiger partial charge < -0.3 is 14.6 Å². The minimum Gasteiger partial charge on any atom is -0.504 e. The third-order valence-electron chi connectivity index (χ3n) is 3.75. The second-order valence-electron chi connectivity index (χ2n) is 5.17. The Balaban J connectivity index is 4.02. The first-order chi connectivity index (χ1) is 10.2. The first-order valence-electron chi connectivity index (χ1n) is 7.21. The highest BCUT2D eigenvalue weighted by molar-refractivity contribution is 7.86. The molecule has 0 saturated heterocycles. The molecule has 2 N–H and O–H groups in total. The highest BCUT2D eigenvalue weighted by Gasteiger charge is 2.33. The largest absolute Gasteiger partial charge is 0.504 e. The number of ether oxygens (including phenoxy) is 2. The minimum absolute atomic E-state index is 0.0781. The fraction of sp³-hybridized carbons (Fsp3) is 0.600. The van der Waals surface area contributed by atoms with Crippen LogP contribution < -0.4 is 9.47 Å². The highest BCUT2D eigenvalue weighted by atomic mass is 32.2. The summed E-state index contributed by atoms with van der Waals surface area (Å²) in [5.74, 6) is -0.559. The van der Waals surface area contributed by atoms with Crippen molar-refractivity contribution in [3.8, 4) is 17.2 Å². The Morgan fingerprint density at radius 3 is 2.05 bits per heavy atom. The molecule has 0 bridgehead atoms. The lowest BCUT2D eigenvalue weighted by atomic mass is 9.90. The summed E-state index contributed by atoms with van der Waals surface area (Å²) in [5.41, 5.74) is 0.865. The smallest absolute Gasteiger partial charge is 0.298 e. The zero-order valence-corrected chi connectivity index (χ0v) is 14.5. The Morgan fingerprint density at radius 1 is 1.14 bits per heavy atom. The van der Waals surface area contributed by atoms with E-state index in [4.69, 9.17) is 9.47 Å². The summed E-state index contributed by atoms with van der Waals surface area (Å²) in [5, 5.41) is 10.5. The predicted molar refractivity (Wildman–Crippen MR) is 83.7 cm³/mol. The van der Waals surface area contributed by atoms with Gasteiger partial charge in [0.1, 0.15) is 4.90 Å². The lowest BCUT2D eigenvalue weighted by Gasteiger charge is -2.23. The van der Waals surface area contributed by atoms with Crippen molar-refractivity contribution in [1.82, 2.24) is 0 Å². The molecule has 1 aromatic carbocycles. The van der Waals surface area contributed by atoms with E-state index in [1.165, 1.54) is 14.2 Å². The standard InChI is InChI=1S/C15H24O6S/c1-6-8-10-11(9(3)7-2)15(22(17,18)19)14(21-5)13(20-4)12(10)16/h9,16H,6-8H2,1-5H3,(H,17,18,19). The molecule has 0 spiro atoms. The summed E-state index contributed by atoms with van der Waals surface area (Å²) < 4.78 is 43.8. The number of aromatic hydroxyl groups is 1. The number of hydrogen-bond acceptors (Lipinski definition) is 5. The molecule has 0 fully saturated rings. The zero-order chi connectivity index (χ0) is 17.1. The Labute approximate surface area is 131 Å². The van der Waals surface area contributed by atoms with Gasteiger partial charge in [-0.3, -0.25) is 4.55 Å². The van der Waals surface area contributed by atoms with Crippen molar-refractivity contribution in [1.29, 1.82) is 0 Å². The van der Waals surface area contributed by atoms with Gasteiger partial charge in [0.25, 0.3) is 10.1 Å². The van der Waals surface area contributed by atoms with Crippen molar-refractivity contribution in [2.45, 2.75) is 50.8 Å². The van der Waals surface area contributed by atoms with E-state index in [0.29, 0.717) is 30.4 Å². The Bertz CT molecular complexity index is 636. The van der Waals surface area contributed by atoms with Gasteiger partial charge in [-0.1, -0.05) is 27.2 Å². The molecule has 0 amide bonds. The van der Waals surface area contributed by atoms with Gasteiger partial charge in [-0.25, -0.2) is 0 Å². The molecule has 0 heterocycles. The average molecular weight is 332 g/mol. The van der Waals surface area contributed by atoms with E-state index in [0.717, 1.165) is 0 Å². The van der Waals surface area contributed by atoms with E-state index in [1.807, 2.05) is 20.8 Å². The number of benzene rings is 1. The summed E-state index contributed by atoms with van der Waals surface area (Å²) in [7, 11) is -1.96. The number of phenols is 1. The molecule has 22 heavy (non-hydrogen) atoms. The van der Waals surface area contributed by atoms with Crippen molar-refractivity contribution in [3.63, 3.8) is 0 Å². The maximum Gasteiger partial charge on any atom is 0.298 e. The van der Waals surface area contributed by atoms with Gasteiger partial charge >= 0.3 is 0 Å². The first kappa shape index (κ1) is 18.6. The minimum atomic E-state index is -4.54. The summed E-state index contributed by atoms with van der Waals surface area (Å²) >= 11 is 0.